The molecule has 0 aromatic heterocycles. The molecule has 8 nitrogen and oxygen atoms in total. The van der Waals surface area contributed by atoms with Crippen LogP contribution in [0.4, 0.5) is 11.4 Å². The smallest absolute Gasteiger partial charge is 0.373 e. The van der Waals surface area contributed by atoms with Crippen LogP contribution in [0.2, 0.25) is 5.02 Å². The molecule has 3 atom stereocenters. The Morgan fingerprint density at radius 2 is 1.67 bits per heavy atom. The van der Waals surface area contributed by atoms with E-state index in [9.17, 15) is 4.79 Å². The number of benzene rings is 3. The first kappa shape index (κ1) is 30.4. The van der Waals surface area contributed by atoms with Gasteiger partial charge in [0.05, 0.1) is 24.8 Å². The number of halogens is 1. The van der Waals surface area contributed by atoms with E-state index in [0.29, 0.717) is 22.7 Å². The van der Waals surface area contributed by atoms with Crippen molar-refractivity contribution >= 4 is 35.0 Å². The number of nitrogens with one attached hydrogen (secondary N) is 2. The van der Waals surface area contributed by atoms with Gasteiger partial charge in [-0.15, -0.1) is 0 Å². The molecule has 0 spiro atoms. The lowest BCUT2D eigenvalue weighted by atomic mass is 9.77. The highest BCUT2D eigenvalue weighted by Gasteiger charge is 2.54. The van der Waals surface area contributed by atoms with Crippen molar-refractivity contribution in [2.75, 3.05) is 36.9 Å². The third-order valence-corrected chi connectivity index (χ3v) is 8.21. The van der Waals surface area contributed by atoms with Crippen LogP contribution in [-0.4, -0.2) is 55.0 Å². The lowest BCUT2D eigenvalue weighted by Crippen LogP contribution is -2.40. The van der Waals surface area contributed by atoms with Gasteiger partial charge < -0.3 is 20.1 Å². The summed E-state index contributed by atoms with van der Waals surface area (Å²) in [5.74, 6) is -0.144. The summed E-state index contributed by atoms with van der Waals surface area (Å²) in [4.78, 5) is 32.3. The Morgan fingerprint density at radius 1 is 1.00 bits per heavy atom. The molecule has 3 aliphatic rings. The first-order valence-electron chi connectivity index (χ1n) is 14.3. The van der Waals surface area contributed by atoms with Gasteiger partial charge in [0, 0.05) is 36.0 Å². The van der Waals surface area contributed by atoms with Crippen LogP contribution >= 0.6 is 11.6 Å². The average Bonchev–Trinajstić information content (AvgIpc) is 3.61. The van der Waals surface area contributed by atoms with E-state index in [1.54, 1.807) is 12.1 Å². The number of carbonyl (C=O) groups excluding carboxylic acids is 3. The molecule has 6 rings (SSSR count). The largest absolute Gasteiger partial charge is 0.379 e. The zero-order chi connectivity index (χ0) is 30.2. The van der Waals surface area contributed by atoms with E-state index in [2.05, 4.69) is 64.9 Å². The number of carbonyl (C=O) groups is 1. The molecule has 1 fully saturated rings. The van der Waals surface area contributed by atoms with Gasteiger partial charge in [-0.25, -0.2) is 0 Å². The van der Waals surface area contributed by atoms with Gasteiger partial charge in [-0.2, -0.15) is 9.59 Å². The van der Waals surface area contributed by atoms with Crippen LogP contribution in [0.1, 0.15) is 30.5 Å². The Hall–Kier alpha value is -4.04. The fourth-order valence-electron chi connectivity index (χ4n) is 6.00. The van der Waals surface area contributed by atoms with Crippen molar-refractivity contribution in [3.63, 3.8) is 0 Å². The summed E-state index contributed by atoms with van der Waals surface area (Å²) in [6.45, 7) is 6.47. The fourth-order valence-corrected chi connectivity index (χ4v) is 6.13. The van der Waals surface area contributed by atoms with Crippen molar-refractivity contribution in [1.29, 1.82) is 0 Å². The molecule has 43 heavy (non-hydrogen) atoms. The molecule has 222 valence electrons. The number of fused-ring (bicyclic) bond motifs is 2. The summed E-state index contributed by atoms with van der Waals surface area (Å²) in [5.41, 5.74) is 4.96. The van der Waals surface area contributed by atoms with E-state index in [4.69, 9.17) is 30.7 Å². The number of nitrogens with zero attached hydrogens (tertiary/aromatic N) is 1. The van der Waals surface area contributed by atoms with Crippen molar-refractivity contribution in [2.45, 2.75) is 37.6 Å². The van der Waals surface area contributed by atoms with Crippen LogP contribution in [0.15, 0.2) is 102 Å². The minimum Gasteiger partial charge on any atom is -0.379 e. The average molecular weight is 600 g/mol. The van der Waals surface area contributed by atoms with Crippen molar-refractivity contribution in [1.82, 2.24) is 4.90 Å². The number of amides is 1. The fraction of sp³-hybridized carbons (Fsp3) is 0.294. The quantitative estimate of drug-likeness (QED) is 0.300. The molecule has 0 aliphatic carbocycles. The molecule has 3 aromatic carbocycles. The number of para-hydroxylation sites is 1. The Morgan fingerprint density at radius 3 is 2.33 bits per heavy atom. The van der Waals surface area contributed by atoms with Gasteiger partial charge in [-0.3, -0.25) is 9.69 Å². The summed E-state index contributed by atoms with van der Waals surface area (Å²) >= 11 is 6.04. The van der Waals surface area contributed by atoms with Crippen LogP contribution in [0, 0.1) is 0 Å². The Labute approximate surface area is 256 Å². The molecule has 2 N–H and O–H groups in total. The van der Waals surface area contributed by atoms with Gasteiger partial charge >= 0.3 is 6.15 Å². The van der Waals surface area contributed by atoms with Gasteiger partial charge in [0.15, 0.2) is 0 Å². The Balaban J connectivity index is 0.00000118. The Kier molecular flexibility index (Phi) is 9.87. The van der Waals surface area contributed by atoms with Gasteiger partial charge in [0.25, 0.3) is 5.91 Å². The van der Waals surface area contributed by atoms with Gasteiger partial charge in [-0.1, -0.05) is 67.1 Å². The standard InChI is InChI=1S/C33H34ClN3O3.CO2/c1-2-28-30(32(38)36-27-14-12-25(34)13-15-27)29-16-17-33(28,40-29)31(35-26-6-4-3-5-7-26)24-10-8-23(9-11-24)22-37-18-20-39-21-19-37;2-1-3/h3-17,29,31,35H,2,18-22H2,1H3,(H,36,38);. The zero-order valence-corrected chi connectivity index (χ0v) is 24.7. The maximum absolute atomic E-state index is 13.6. The number of morpholine rings is 1. The number of hydrogen-bond donors (Lipinski definition) is 2. The molecule has 9 heteroatoms. The molecular formula is C34H34ClN3O5. The van der Waals surface area contributed by atoms with Crippen LogP contribution in [0.5, 0.6) is 0 Å². The first-order valence-corrected chi connectivity index (χ1v) is 14.7. The number of rotatable bonds is 9. The molecule has 1 amide bonds. The summed E-state index contributed by atoms with van der Waals surface area (Å²) in [7, 11) is 0. The van der Waals surface area contributed by atoms with E-state index in [-0.39, 0.29) is 18.1 Å². The second kappa shape index (κ2) is 14.0. The molecule has 0 radical (unpaired) electrons. The van der Waals surface area contributed by atoms with Crippen LogP contribution < -0.4 is 10.6 Å². The topological polar surface area (TPSA) is 97.0 Å². The maximum atomic E-state index is 13.6. The van der Waals surface area contributed by atoms with E-state index < -0.39 is 11.7 Å². The molecule has 1 saturated heterocycles. The zero-order valence-electron chi connectivity index (χ0n) is 23.9. The third-order valence-electron chi connectivity index (χ3n) is 7.96. The van der Waals surface area contributed by atoms with E-state index in [1.807, 2.05) is 36.4 Å². The number of ether oxygens (including phenoxy) is 2. The molecule has 3 aliphatic heterocycles. The van der Waals surface area contributed by atoms with Gasteiger partial charge in [0.2, 0.25) is 0 Å². The second-order valence-electron chi connectivity index (χ2n) is 10.6. The highest BCUT2D eigenvalue weighted by Crippen LogP contribution is 2.52. The van der Waals surface area contributed by atoms with Crippen molar-refractivity contribution in [2.24, 2.45) is 0 Å². The van der Waals surface area contributed by atoms with E-state index >= 15 is 0 Å². The van der Waals surface area contributed by atoms with Crippen molar-refractivity contribution in [3.05, 3.63) is 118 Å². The van der Waals surface area contributed by atoms with Crippen LogP contribution in [0.25, 0.3) is 0 Å². The normalized spacial score (nSPS) is 21.5. The highest BCUT2D eigenvalue weighted by atomic mass is 35.5. The van der Waals surface area contributed by atoms with Crippen molar-refractivity contribution in [3.8, 4) is 0 Å². The SMILES string of the molecule is CCC1=C(C(=O)Nc2ccc(Cl)cc2)C2C=CC1(C(Nc1ccccc1)c1ccc(CN3CCOCC3)cc1)O2.O=C=O. The predicted molar refractivity (Wildman–Crippen MR) is 164 cm³/mol. The summed E-state index contributed by atoms with van der Waals surface area (Å²) < 4.78 is 12.2. The van der Waals surface area contributed by atoms with E-state index in [1.165, 1.54) is 5.56 Å². The summed E-state index contributed by atoms with van der Waals surface area (Å²) in [5, 5.41) is 7.43. The molecule has 0 saturated carbocycles. The highest BCUT2D eigenvalue weighted by molar-refractivity contribution is 6.30. The minimum absolute atomic E-state index is 0.144. The maximum Gasteiger partial charge on any atom is 0.373 e. The number of anilines is 2. The lowest BCUT2D eigenvalue weighted by molar-refractivity contribution is -0.191. The minimum atomic E-state index is -0.784. The Bertz CT molecular complexity index is 1500. The first-order chi connectivity index (χ1) is 21.0. The van der Waals surface area contributed by atoms with Gasteiger partial charge in [-0.05, 0) is 65.6 Å². The van der Waals surface area contributed by atoms with Crippen molar-refractivity contribution < 1.29 is 23.9 Å². The lowest BCUT2D eigenvalue weighted by Gasteiger charge is -2.37. The third kappa shape index (κ3) is 6.80. The van der Waals surface area contributed by atoms with Crippen LogP contribution in [-0.2, 0) is 30.4 Å². The monoisotopic (exact) mass is 599 g/mol. The molecule has 3 heterocycles. The van der Waals surface area contributed by atoms with E-state index in [0.717, 1.165) is 49.7 Å². The molecule has 2 bridgehead atoms. The second-order valence-corrected chi connectivity index (χ2v) is 11.0. The number of hydrogen-bond acceptors (Lipinski definition) is 7. The molecular weight excluding hydrogens is 566 g/mol. The summed E-state index contributed by atoms with van der Waals surface area (Å²) in [6.07, 6.45) is 4.69. The summed E-state index contributed by atoms with van der Waals surface area (Å²) in [6, 6.07) is 25.9. The molecule has 3 aromatic rings. The molecule has 3 unspecified atom stereocenters. The predicted octanol–water partition coefficient (Wildman–Crippen LogP) is 5.79. The van der Waals surface area contributed by atoms with Gasteiger partial charge in [0.1, 0.15) is 11.7 Å². The van der Waals surface area contributed by atoms with Crippen LogP contribution in [0.3, 0.4) is 0 Å².